The molecule has 0 aromatic carbocycles. The second-order valence-electron chi connectivity index (χ2n) is 2.64. The molecule has 0 fully saturated rings. The van der Waals surface area contributed by atoms with Crippen molar-refractivity contribution in [1.29, 1.82) is 0 Å². The molecular formula is C7H10Cl6. The standard InChI is InChI=1S/C7H10Cl6/c8-3-1-2-7(13,6(11)12)5(10)4-9/h5-6H,1-4H2. The summed E-state index contributed by atoms with van der Waals surface area (Å²) in [4.78, 5) is -1.64. The number of alkyl halides is 6. The van der Waals surface area contributed by atoms with Crippen molar-refractivity contribution in [3.63, 3.8) is 0 Å². The fourth-order valence-electron chi connectivity index (χ4n) is 0.868. The van der Waals surface area contributed by atoms with Crippen molar-refractivity contribution >= 4 is 69.6 Å². The zero-order valence-electron chi connectivity index (χ0n) is 6.75. The van der Waals surface area contributed by atoms with Gasteiger partial charge in [-0.1, -0.05) is 0 Å². The summed E-state index contributed by atoms with van der Waals surface area (Å²) in [5.41, 5.74) is 0. The molecule has 0 bridgehead atoms. The minimum Gasteiger partial charge on any atom is -0.127 e. The Labute approximate surface area is 109 Å². The van der Waals surface area contributed by atoms with E-state index >= 15 is 0 Å². The van der Waals surface area contributed by atoms with Gasteiger partial charge in [-0.05, 0) is 12.8 Å². The van der Waals surface area contributed by atoms with Crippen LogP contribution in [0, 0.1) is 0 Å². The smallest absolute Gasteiger partial charge is 0.127 e. The minimum absolute atomic E-state index is 0.212. The highest BCUT2D eigenvalue weighted by molar-refractivity contribution is 6.51. The van der Waals surface area contributed by atoms with Gasteiger partial charge in [0.1, 0.15) is 4.84 Å². The zero-order chi connectivity index (χ0) is 10.5. The molecule has 0 aliphatic rings. The molecule has 0 radical (unpaired) electrons. The van der Waals surface area contributed by atoms with Crippen LogP contribution in [0.4, 0.5) is 0 Å². The topological polar surface area (TPSA) is 0 Å². The number of hydrogen-bond donors (Lipinski definition) is 0. The average Bonchev–Trinajstić information content (AvgIpc) is 2.12. The summed E-state index contributed by atoms with van der Waals surface area (Å²) >= 11 is 34.7. The molecule has 0 saturated carbocycles. The van der Waals surface area contributed by atoms with Gasteiger partial charge in [0, 0.05) is 11.8 Å². The average molecular weight is 307 g/mol. The van der Waals surface area contributed by atoms with Crippen LogP contribution in [0.3, 0.4) is 0 Å². The van der Waals surface area contributed by atoms with Gasteiger partial charge in [-0.15, -0.1) is 69.6 Å². The van der Waals surface area contributed by atoms with E-state index in [4.69, 9.17) is 69.6 Å². The predicted molar refractivity (Wildman–Crippen MR) is 64.4 cm³/mol. The summed E-state index contributed by atoms with van der Waals surface area (Å²) in [5.74, 6) is 0.712. The summed E-state index contributed by atoms with van der Waals surface area (Å²) in [6, 6.07) is 0. The highest BCUT2D eigenvalue weighted by Crippen LogP contribution is 2.38. The van der Waals surface area contributed by atoms with Crippen LogP contribution in [0.1, 0.15) is 12.8 Å². The third-order valence-electron chi connectivity index (χ3n) is 1.71. The van der Waals surface area contributed by atoms with Crippen LogP contribution in [0.15, 0.2) is 0 Å². The van der Waals surface area contributed by atoms with E-state index in [1.807, 2.05) is 0 Å². The van der Waals surface area contributed by atoms with Crippen molar-refractivity contribution in [3.05, 3.63) is 0 Å². The van der Waals surface area contributed by atoms with E-state index in [0.29, 0.717) is 18.7 Å². The van der Waals surface area contributed by atoms with Crippen LogP contribution in [0.5, 0.6) is 0 Å². The van der Waals surface area contributed by atoms with Crippen LogP contribution in [-0.2, 0) is 0 Å². The van der Waals surface area contributed by atoms with Crippen LogP contribution in [0.25, 0.3) is 0 Å². The van der Waals surface area contributed by atoms with Gasteiger partial charge < -0.3 is 0 Å². The Hall–Kier alpha value is 1.74. The van der Waals surface area contributed by atoms with E-state index in [1.54, 1.807) is 0 Å². The monoisotopic (exact) mass is 304 g/mol. The maximum atomic E-state index is 6.16. The molecule has 0 N–H and O–H groups in total. The Kier molecular flexibility index (Phi) is 8.03. The first-order valence-corrected chi connectivity index (χ1v) is 6.47. The maximum absolute atomic E-state index is 6.16. The van der Waals surface area contributed by atoms with E-state index in [2.05, 4.69) is 0 Å². The molecule has 0 aliphatic heterocycles. The van der Waals surface area contributed by atoms with Gasteiger partial charge in [-0.25, -0.2) is 0 Å². The first-order valence-electron chi connectivity index (χ1n) is 3.72. The van der Waals surface area contributed by atoms with Gasteiger partial charge in [0.05, 0.1) is 10.3 Å². The summed E-state index contributed by atoms with van der Waals surface area (Å²) in [6.45, 7) is 0. The van der Waals surface area contributed by atoms with E-state index in [-0.39, 0.29) is 5.88 Å². The summed E-state index contributed by atoms with van der Waals surface area (Å²) < 4.78 is 0. The van der Waals surface area contributed by atoms with Crippen LogP contribution in [0.2, 0.25) is 0 Å². The van der Waals surface area contributed by atoms with Crippen LogP contribution < -0.4 is 0 Å². The second kappa shape index (κ2) is 7.09. The lowest BCUT2D eigenvalue weighted by Crippen LogP contribution is -2.40. The van der Waals surface area contributed by atoms with Crippen molar-refractivity contribution in [2.24, 2.45) is 0 Å². The number of hydrogen-bond acceptors (Lipinski definition) is 0. The lowest BCUT2D eigenvalue weighted by molar-refractivity contribution is 0.544. The Morgan fingerprint density at radius 1 is 1.08 bits per heavy atom. The lowest BCUT2D eigenvalue weighted by Gasteiger charge is -2.31. The maximum Gasteiger partial charge on any atom is 0.128 e. The van der Waals surface area contributed by atoms with Gasteiger partial charge in [0.2, 0.25) is 0 Å². The fourth-order valence-corrected chi connectivity index (χ4v) is 2.45. The van der Waals surface area contributed by atoms with Gasteiger partial charge in [0.15, 0.2) is 0 Å². The molecule has 0 heterocycles. The molecule has 0 amide bonds. The first kappa shape index (κ1) is 14.7. The second-order valence-corrected chi connectivity index (χ2v) is 5.66. The third kappa shape index (κ3) is 4.40. The molecule has 0 aromatic rings. The molecule has 80 valence electrons. The summed E-state index contributed by atoms with van der Waals surface area (Å²) in [6.07, 6.45) is 1.26. The molecule has 0 nitrogen and oxygen atoms in total. The number of rotatable bonds is 6. The molecule has 0 saturated heterocycles. The molecule has 0 rings (SSSR count). The molecule has 2 atom stereocenters. The molecule has 13 heavy (non-hydrogen) atoms. The zero-order valence-corrected chi connectivity index (χ0v) is 11.3. The van der Waals surface area contributed by atoms with Crippen LogP contribution in [-0.4, -0.2) is 26.8 Å². The Morgan fingerprint density at radius 3 is 1.92 bits per heavy atom. The van der Waals surface area contributed by atoms with Crippen molar-refractivity contribution < 1.29 is 0 Å². The van der Waals surface area contributed by atoms with E-state index in [1.165, 1.54) is 0 Å². The Balaban J connectivity index is 4.33. The van der Waals surface area contributed by atoms with E-state index in [9.17, 15) is 0 Å². The van der Waals surface area contributed by atoms with Crippen molar-refractivity contribution in [1.82, 2.24) is 0 Å². The number of halogens is 6. The minimum atomic E-state index is -0.888. The first-order chi connectivity index (χ1) is 5.99. The largest absolute Gasteiger partial charge is 0.128 e. The van der Waals surface area contributed by atoms with Gasteiger partial charge in [-0.2, -0.15) is 0 Å². The Bertz CT molecular complexity index is 139. The predicted octanol–water partition coefficient (Wildman–Crippen LogP) is 4.63. The highest BCUT2D eigenvalue weighted by atomic mass is 35.5. The van der Waals surface area contributed by atoms with Crippen LogP contribution >= 0.6 is 69.6 Å². The molecule has 6 heteroatoms. The highest BCUT2D eigenvalue weighted by Gasteiger charge is 2.40. The molecule has 0 spiro atoms. The quantitative estimate of drug-likeness (QED) is 0.628. The molecular weight excluding hydrogens is 297 g/mol. The molecule has 2 unspecified atom stereocenters. The van der Waals surface area contributed by atoms with Gasteiger partial charge in [-0.3, -0.25) is 0 Å². The molecule has 0 aromatic heterocycles. The lowest BCUT2D eigenvalue weighted by atomic mass is 10.0. The van der Waals surface area contributed by atoms with E-state index in [0.717, 1.165) is 0 Å². The fraction of sp³-hybridized carbons (Fsp3) is 1.00. The summed E-state index contributed by atoms with van der Waals surface area (Å²) in [7, 11) is 0. The van der Waals surface area contributed by atoms with Crippen molar-refractivity contribution in [2.45, 2.75) is 27.9 Å². The van der Waals surface area contributed by atoms with Gasteiger partial charge >= 0.3 is 0 Å². The van der Waals surface area contributed by atoms with Gasteiger partial charge in [0.25, 0.3) is 0 Å². The normalized spacial score (nSPS) is 18.7. The summed E-state index contributed by atoms with van der Waals surface area (Å²) in [5, 5.41) is -0.459. The van der Waals surface area contributed by atoms with Crippen molar-refractivity contribution in [3.8, 4) is 0 Å². The molecule has 0 aliphatic carbocycles. The Morgan fingerprint density at radius 2 is 1.62 bits per heavy atom. The van der Waals surface area contributed by atoms with E-state index < -0.39 is 15.1 Å². The third-order valence-corrected chi connectivity index (χ3v) is 4.77. The van der Waals surface area contributed by atoms with Crippen molar-refractivity contribution in [2.75, 3.05) is 11.8 Å². The SMILES string of the molecule is ClCCCC(Cl)(C(Cl)Cl)C(Cl)CCl.